The lowest BCUT2D eigenvalue weighted by molar-refractivity contribution is -0.136. The van der Waals surface area contributed by atoms with Crippen molar-refractivity contribution < 1.29 is 27.9 Å². The second-order valence-electron chi connectivity index (χ2n) is 9.94. The predicted octanol–water partition coefficient (Wildman–Crippen LogP) is 2.55. The number of halogens is 2. The Morgan fingerprint density at radius 1 is 1.09 bits per heavy atom. The van der Waals surface area contributed by atoms with Gasteiger partial charge in [0.2, 0.25) is 11.8 Å². The Morgan fingerprint density at radius 2 is 1.88 bits per heavy atom. The van der Waals surface area contributed by atoms with E-state index in [1.54, 1.807) is 12.1 Å². The summed E-state index contributed by atoms with van der Waals surface area (Å²) in [5, 5.41) is 5.90. The molecule has 2 N–H and O–H groups in total. The minimum absolute atomic E-state index is 0.0137. The van der Waals surface area contributed by atoms with Crippen molar-refractivity contribution in [2.75, 3.05) is 6.61 Å². The first-order valence-corrected chi connectivity index (χ1v) is 12.4. The fourth-order valence-electron chi connectivity index (χ4n) is 5.78. The number of imide groups is 1. The van der Waals surface area contributed by atoms with Gasteiger partial charge in [-0.3, -0.25) is 19.7 Å². The lowest BCUT2D eigenvalue weighted by Crippen LogP contribution is -2.52. The first-order valence-electron chi connectivity index (χ1n) is 12.4. The van der Waals surface area contributed by atoms with Gasteiger partial charge in [0.15, 0.2) is 0 Å². The van der Waals surface area contributed by atoms with Gasteiger partial charge in [0.25, 0.3) is 5.91 Å². The Hall–Kier alpha value is -2.39. The second-order valence-corrected chi connectivity index (χ2v) is 9.94. The number of piperidine rings is 1. The van der Waals surface area contributed by atoms with Gasteiger partial charge < -0.3 is 15.0 Å². The molecule has 1 aromatic carbocycles. The summed E-state index contributed by atoms with van der Waals surface area (Å²) >= 11 is 0. The standard InChI is InChI=1S/C25H31F2N3O4/c26-15-4-6-16(7-5-15)28-19-2-1-11-34-21(19)12-14-3-8-17-18(23(14)27)13-30(25(17)33)20-9-10-22(31)29-24(20)32/h3,8,15-16,19-21,28H,1-2,4-7,9-13H2,(H,29,31,32)/t15?,16?,19-,20-,21+/m0/s1. The van der Waals surface area contributed by atoms with E-state index >= 15 is 4.39 Å². The van der Waals surface area contributed by atoms with Gasteiger partial charge in [0.05, 0.1) is 12.6 Å². The minimum Gasteiger partial charge on any atom is -0.376 e. The Labute approximate surface area is 197 Å². The number of alkyl halides is 1. The molecule has 3 amide bonds. The molecule has 3 heterocycles. The topological polar surface area (TPSA) is 87.7 Å². The summed E-state index contributed by atoms with van der Waals surface area (Å²) in [7, 11) is 0. The van der Waals surface area contributed by atoms with E-state index in [0.717, 1.165) is 25.7 Å². The number of carbonyl (C=O) groups is 3. The van der Waals surface area contributed by atoms with Crippen LogP contribution in [-0.4, -0.2) is 59.6 Å². The number of amides is 3. The van der Waals surface area contributed by atoms with Gasteiger partial charge in [0, 0.05) is 42.7 Å². The first kappa shape index (κ1) is 23.4. The van der Waals surface area contributed by atoms with Crippen molar-refractivity contribution in [3.63, 3.8) is 0 Å². The quantitative estimate of drug-likeness (QED) is 0.640. The van der Waals surface area contributed by atoms with Crippen LogP contribution in [0, 0.1) is 5.82 Å². The highest BCUT2D eigenvalue weighted by Gasteiger charge is 2.41. The van der Waals surface area contributed by atoms with E-state index in [0.29, 0.717) is 37.0 Å². The average Bonchev–Trinajstić information content (AvgIpc) is 3.15. The molecule has 3 fully saturated rings. The third-order valence-corrected chi connectivity index (χ3v) is 7.70. The summed E-state index contributed by atoms with van der Waals surface area (Å²) in [6.45, 7) is 0.633. The molecule has 1 aliphatic carbocycles. The molecule has 9 heteroatoms. The van der Waals surface area contributed by atoms with Gasteiger partial charge in [-0.05, 0) is 56.6 Å². The summed E-state index contributed by atoms with van der Waals surface area (Å²) in [4.78, 5) is 38.0. The summed E-state index contributed by atoms with van der Waals surface area (Å²) in [6, 6.07) is 2.84. The zero-order valence-electron chi connectivity index (χ0n) is 19.2. The lowest BCUT2D eigenvalue weighted by Gasteiger charge is -2.37. The maximum Gasteiger partial charge on any atom is 0.255 e. The third-order valence-electron chi connectivity index (χ3n) is 7.70. The van der Waals surface area contributed by atoms with Gasteiger partial charge in [0.1, 0.15) is 18.0 Å². The molecular formula is C25H31F2N3O4. The number of nitrogens with one attached hydrogen (secondary N) is 2. The normalized spacial score (nSPS) is 32.0. The van der Waals surface area contributed by atoms with Crippen molar-refractivity contribution >= 4 is 17.7 Å². The number of hydrogen-bond donors (Lipinski definition) is 2. The van der Waals surface area contributed by atoms with Crippen LogP contribution in [0.5, 0.6) is 0 Å². The van der Waals surface area contributed by atoms with Crippen molar-refractivity contribution in [1.82, 2.24) is 15.5 Å². The summed E-state index contributed by atoms with van der Waals surface area (Å²) < 4.78 is 35.1. The molecular weight excluding hydrogens is 444 g/mol. The number of nitrogens with zero attached hydrogens (tertiary/aromatic N) is 1. The number of fused-ring (bicyclic) bond motifs is 1. The first-order chi connectivity index (χ1) is 16.4. The number of carbonyl (C=O) groups excluding carboxylic acids is 3. The zero-order valence-corrected chi connectivity index (χ0v) is 19.2. The highest BCUT2D eigenvalue weighted by atomic mass is 19.1. The van der Waals surface area contributed by atoms with E-state index in [1.807, 2.05) is 0 Å². The molecule has 0 bridgehead atoms. The fourth-order valence-corrected chi connectivity index (χ4v) is 5.78. The Kier molecular flexibility index (Phi) is 6.66. The SMILES string of the molecule is O=C1CC[C@H](N2Cc3c(ccc(C[C@H]4OCCC[C@@H]4NC4CCC(F)CC4)c3F)C2=O)C(=O)N1. The fraction of sp³-hybridized carbons (Fsp3) is 0.640. The Balaban J connectivity index is 1.29. The highest BCUT2D eigenvalue weighted by Crippen LogP contribution is 2.32. The van der Waals surface area contributed by atoms with Crippen LogP contribution in [0.1, 0.15) is 72.9 Å². The van der Waals surface area contributed by atoms with Crippen LogP contribution in [0.3, 0.4) is 0 Å². The molecule has 34 heavy (non-hydrogen) atoms. The van der Waals surface area contributed by atoms with Crippen LogP contribution in [0.15, 0.2) is 12.1 Å². The molecule has 0 unspecified atom stereocenters. The van der Waals surface area contributed by atoms with Crippen molar-refractivity contribution in [2.45, 2.75) is 94.7 Å². The molecule has 1 saturated carbocycles. The molecule has 0 aromatic heterocycles. The largest absolute Gasteiger partial charge is 0.376 e. The van der Waals surface area contributed by atoms with E-state index in [-0.39, 0.29) is 55.0 Å². The number of ether oxygens (including phenoxy) is 1. The maximum atomic E-state index is 15.6. The van der Waals surface area contributed by atoms with Gasteiger partial charge in [-0.15, -0.1) is 0 Å². The Bertz CT molecular complexity index is 979. The molecule has 3 aliphatic heterocycles. The average molecular weight is 476 g/mol. The van der Waals surface area contributed by atoms with Crippen molar-refractivity contribution in [3.8, 4) is 0 Å². The van der Waals surface area contributed by atoms with Gasteiger partial charge >= 0.3 is 0 Å². The smallest absolute Gasteiger partial charge is 0.255 e. The molecule has 0 radical (unpaired) electrons. The maximum absolute atomic E-state index is 15.6. The molecule has 0 spiro atoms. The van der Waals surface area contributed by atoms with Gasteiger partial charge in [-0.2, -0.15) is 0 Å². The van der Waals surface area contributed by atoms with Crippen molar-refractivity contribution in [3.05, 3.63) is 34.6 Å². The number of hydrogen-bond acceptors (Lipinski definition) is 5. The monoisotopic (exact) mass is 475 g/mol. The molecule has 5 rings (SSSR count). The van der Waals surface area contributed by atoms with Crippen LogP contribution in [0.25, 0.3) is 0 Å². The molecule has 1 aromatic rings. The van der Waals surface area contributed by atoms with E-state index in [4.69, 9.17) is 4.74 Å². The van der Waals surface area contributed by atoms with E-state index < -0.39 is 23.9 Å². The summed E-state index contributed by atoms with van der Waals surface area (Å²) in [5.41, 5.74) is 1.06. The predicted molar refractivity (Wildman–Crippen MR) is 119 cm³/mol. The molecule has 7 nitrogen and oxygen atoms in total. The van der Waals surface area contributed by atoms with Gasteiger partial charge in [-0.25, -0.2) is 8.78 Å². The van der Waals surface area contributed by atoms with Crippen LogP contribution < -0.4 is 10.6 Å². The lowest BCUT2D eigenvalue weighted by atomic mass is 9.90. The van der Waals surface area contributed by atoms with Crippen LogP contribution in [-0.2, 0) is 27.3 Å². The molecule has 3 atom stereocenters. The zero-order chi connectivity index (χ0) is 23.8. The van der Waals surface area contributed by atoms with Crippen LogP contribution >= 0.6 is 0 Å². The van der Waals surface area contributed by atoms with E-state index in [1.165, 1.54) is 4.90 Å². The summed E-state index contributed by atoms with van der Waals surface area (Å²) in [5.74, 6) is -1.67. The molecule has 2 saturated heterocycles. The van der Waals surface area contributed by atoms with Crippen molar-refractivity contribution in [1.29, 1.82) is 0 Å². The highest BCUT2D eigenvalue weighted by molar-refractivity contribution is 6.05. The number of rotatable bonds is 5. The van der Waals surface area contributed by atoms with Crippen LogP contribution in [0.2, 0.25) is 0 Å². The van der Waals surface area contributed by atoms with Crippen LogP contribution in [0.4, 0.5) is 8.78 Å². The second kappa shape index (κ2) is 9.70. The molecule has 4 aliphatic rings. The number of benzene rings is 1. The summed E-state index contributed by atoms with van der Waals surface area (Å²) in [6.07, 6.45) is 4.47. The van der Waals surface area contributed by atoms with E-state index in [9.17, 15) is 18.8 Å². The van der Waals surface area contributed by atoms with Gasteiger partial charge in [-0.1, -0.05) is 6.07 Å². The molecule has 184 valence electrons. The van der Waals surface area contributed by atoms with Crippen molar-refractivity contribution in [2.24, 2.45) is 0 Å². The third kappa shape index (κ3) is 4.60. The Morgan fingerprint density at radius 3 is 2.65 bits per heavy atom. The van der Waals surface area contributed by atoms with E-state index in [2.05, 4.69) is 10.6 Å². The minimum atomic E-state index is -0.768.